The molecule has 0 aromatic heterocycles. The largest absolute Gasteiger partial charge is 0.462 e. The van der Waals surface area contributed by atoms with E-state index < -0.39 is 0 Å². The van der Waals surface area contributed by atoms with Crippen molar-refractivity contribution < 1.29 is 23.8 Å². The van der Waals surface area contributed by atoms with Gasteiger partial charge in [-0.2, -0.15) is 0 Å². The third-order valence-electron chi connectivity index (χ3n) is 4.74. The van der Waals surface area contributed by atoms with Gasteiger partial charge in [-0.05, 0) is 37.8 Å². The summed E-state index contributed by atoms with van der Waals surface area (Å²) >= 11 is 0. The highest BCUT2D eigenvalue weighted by Gasteiger charge is 2.51. The van der Waals surface area contributed by atoms with Crippen LogP contribution in [0, 0.1) is 11.8 Å². The van der Waals surface area contributed by atoms with E-state index in [2.05, 4.69) is 0 Å². The second kappa shape index (κ2) is 7.13. The van der Waals surface area contributed by atoms with E-state index in [0.29, 0.717) is 25.0 Å². The first-order valence-electron chi connectivity index (χ1n) is 8.14. The number of ether oxygens (including phenoxy) is 3. The molecule has 5 heteroatoms. The van der Waals surface area contributed by atoms with Gasteiger partial charge in [-0.25, -0.2) is 4.79 Å². The number of cyclic esters (lactones) is 1. The molecular weight excluding hydrogens is 296 g/mol. The van der Waals surface area contributed by atoms with Gasteiger partial charge in [-0.15, -0.1) is 0 Å². The Bertz CT molecular complexity index is 556. The number of benzene rings is 1. The monoisotopic (exact) mass is 318 g/mol. The van der Waals surface area contributed by atoms with Crippen molar-refractivity contribution in [3.8, 4) is 0 Å². The SMILES string of the molecule is COCCC[C@H]1OC(=O)[C@H]2C[C@H](OC(=O)c3ccccc3)C[C@H]21. The fraction of sp³-hybridized carbons (Fsp3) is 0.556. The van der Waals surface area contributed by atoms with E-state index in [1.807, 2.05) is 18.2 Å². The predicted octanol–water partition coefficient (Wildman–Crippen LogP) is 2.59. The van der Waals surface area contributed by atoms with Gasteiger partial charge in [0.15, 0.2) is 0 Å². The number of hydrogen-bond donors (Lipinski definition) is 0. The first kappa shape index (κ1) is 16.0. The Morgan fingerprint density at radius 1 is 1.26 bits per heavy atom. The van der Waals surface area contributed by atoms with Crippen LogP contribution in [-0.2, 0) is 19.0 Å². The molecule has 0 bridgehead atoms. The van der Waals surface area contributed by atoms with Crippen LogP contribution in [0.15, 0.2) is 30.3 Å². The number of methoxy groups -OCH3 is 1. The summed E-state index contributed by atoms with van der Waals surface area (Å²) in [5, 5.41) is 0. The zero-order valence-electron chi connectivity index (χ0n) is 13.3. The van der Waals surface area contributed by atoms with Crippen molar-refractivity contribution in [3.63, 3.8) is 0 Å². The van der Waals surface area contributed by atoms with Crippen LogP contribution in [0.1, 0.15) is 36.0 Å². The molecule has 1 aliphatic heterocycles. The fourth-order valence-corrected chi connectivity index (χ4v) is 3.62. The maximum Gasteiger partial charge on any atom is 0.338 e. The molecule has 1 aromatic carbocycles. The molecule has 0 radical (unpaired) electrons. The van der Waals surface area contributed by atoms with E-state index in [0.717, 1.165) is 12.8 Å². The van der Waals surface area contributed by atoms with E-state index >= 15 is 0 Å². The Morgan fingerprint density at radius 3 is 2.78 bits per heavy atom. The van der Waals surface area contributed by atoms with Gasteiger partial charge in [0.05, 0.1) is 11.5 Å². The molecule has 23 heavy (non-hydrogen) atoms. The lowest BCUT2D eigenvalue weighted by Gasteiger charge is -2.18. The molecule has 1 heterocycles. The highest BCUT2D eigenvalue weighted by atomic mass is 16.6. The number of carbonyl (C=O) groups is 2. The first-order chi connectivity index (χ1) is 11.2. The summed E-state index contributed by atoms with van der Waals surface area (Å²) in [7, 11) is 1.66. The number of rotatable bonds is 6. The molecular formula is C18H22O5. The maximum atomic E-state index is 12.1. The van der Waals surface area contributed by atoms with Gasteiger partial charge in [0.2, 0.25) is 0 Å². The molecule has 3 rings (SSSR count). The van der Waals surface area contributed by atoms with E-state index in [1.165, 1.54) is 0 Å². The van der Waals surface area contributed by atoms with Crippen LogP contribution in [0.2, 0.25) is 0 Å². The maximum absolute atomic E-state index is 12.1. The minimum atomic E-state index is -0.320. The van der Waals surface area contributed by atoms with Crippen LogP contribution < -0.4 is 0 Å². The number of esters is 2. The van der Waals surface area contributed by atoms with E-state index in [9.17, 15) is 9.59 Å². The Hall–Kier alpha value is -1.88. The van der Waals surface area contributed by atoms with Crippen molar-refractivity contribution >= 4 is 11.9 Å². The summed E-state index contributed by atoms with van der Waals surface area (Å²) in [5.41, 5.74) is 0.545. The van der Waals surface area contributed by atoms with Crippen LogP contribution in [0.5, 0.6) is 0 Å². The van der Waals surface area contributed by atoms with Crippen molar-refractivity contribution in [2.75, 3.05) is 13.7 Å². The third kappa shape index (κ3) is 3.55. The van der Waals surface area contributed by atoms with Crippen molar-refractivity contribution in [1.29, 1.82) is 0 Å². The smallest absolute Gasteiger partial charge is 0.338 e. The van der Waals surface area contributed by atoms with Crippen molar-refractivity contribution in [3.05, 3.63) is 35.9 Å². The zero-order valence-corrected chi connectivity index (χ0v) is 13.3. The Kier molecular flexibility index (Phi) is 4.96. The van der Waals surface area contributed by atoms with Gasteiger partial charge >= 0.3 is 11.9 Å². The molecule has 1 aliphatic carbocycles. The van der Waals surface area contributed by atoms with Gasteiger partial charge in [0, 0.05) is 19.6 Å². The molecule has 2 fully saturated rings. The van der Waals surface area contributed by atoms with Crippen LogP contribution >= 0.6 is 0 Å². The van der Waals surface area contributed by atoms with Gasteiger partial charge in [0.25, 0.3) is 0 Å². The third-order valence-corrected chi connectivity index (χ3v) is 4.74. The molecule has 1 saturated carbocycles. The van der Waals surface area contributed by atoms with Crippen LogP contribution in [-0.4, -0.2) is 37.9 Å². The fourth-order valence-electron chi connectivity index (χ4n) is 3.62. The second-order valence-electron chi connectivity index (χ2n) is 6.25. The van der Waals surface area contributed by atoms with Gasteiger partial charge < -0.3 is 14.2 Å². The van der Waals surface area contributed by atoms with E-state index in [4.69, 9.17) is 14.2 Å². The van der Waals surface area contributed by atoms with Crippen LogP contribution in [0.3, 0.4) is 0 Å². The molecule has 0 spiro atoms. The van der Waals surface area contributed by atoms with Crippen molar-refractivity contribution in [2.45, 2.75) is 37.9 Å². The lowest BCUT2D eigenvalue weighted by atomic mass is 9.92. The van der Waals surface area contributed by atoms with Gasteiger partial charge in [-0.1, -0.05) is 18.2 Å². The second-order valence-corrected chi connectivity index (χ2v) is 6.25. The highest BCUT2D eigenvalue weighted by molar-refractivity contribution is 5.89. The van der Waals surface area contributed by atoms with Gasteiger partial charge in [-0.3, -0.25) is 4.79 Å². The zero-order chi connectivity index (χ0) is 16.2. The lowest BCUT2D eigenvalue weighted by molar-refractivity contribution is -0.145. The average Bonchev–Trinajstić information content (AvgIpc) is 3.09. The number of hydrogen-bond acceptors (Lipinski definition) is 5. The molecule has 4 atom stereocenters. The summed E-state index contributed by atoms with van der Waals surface area (Å²) in [6.07, 6.45) is 2.68. The average molecular weight is 318 g/mol. The molecule has 5 nitrogen and oxygen atoms in total. The predicted molar refractivity (Wildman–Crippen MR) is 82.8 cm³/mol. The van der Waals surface area contributed by atoms with E-state index in [1.54, 1.807) is 19.2 Å². The number of fused-ring (bicyclic) bond motifs is 1. The quantitative estimate of drug-likeness (QED) is 0.596. The van der Waals surface area contributed by atoms with Gasteiger partial charge in [0.1, 0.15) is 12.2 Å². The minimum Gasteiger partial charge on any atom is -0.462 e. The molecule has 1 aromatic rings. The van der Waals surface area contributed by atoms with Crippen LogP contribution in [0.4, 0.5) is 0 Å². The Labute approximate surface area is 135 Å². The lowest BCUT2D eigenvalue weighted by Crippen LogP contribution is -2.21. The molecule has 1 saturated heterocycles. The normalized spacial score (nSPS) is 29.2. The molecule has 0 amide bonds. The minimum absolute atomic E-state index is 0.0666. The molecule has 0 unspecified atom stereocenters. The molecule has 124 valence electrons. The van der Waals surface area contributed by atoms with Crippen molar-refractivity contribution in [1.82, 2.24) is 0 Å². The molecule has 2 aliphatic rings. The topological polar surface area (TPSA) is 61.8 Å². The standard InChI is InChI=1S/C18H22O5/c1-21-9-5-8-16-14-10-13(11-15(14)18(20)23-16)22-17(19)12-6-3-2-4-7-12/h2-4,6-7,13-16H,5,8-11H2,1H3/t13-,14-,15+,16-/m1/s1. The summed E-state index contributed by atoms with van der Waals surface area (Å²) < 4.78 is 16.1. The van der Waals surface area contributed by atoms with Crippen LogP contribution in [0.25, 0.3) is 0 Å². The number of carbonyl (C=O) groups excluding carboxylic acids is 2. The summed E-state index contributed by atoms with van der Waals surface area (Å²) in [4.78, 5) is 24.1. The van der Waals surface area contributed by atoms with Crippen molar-refractivity contribution in [2.24, 2.45) is 11.8 Å². The molecule has 0 N–H and O–H groups in total. The Morgan fingerprint density at radius 2 is 2.04 bits per heavy atom. The highest BCUT2D eigenvalue weighted by Crippen LogP contribution is 2.44. The summed E-state index contributed by atoms with van der Waals surface area (Å²) in [6.45, 7) is 0.665. The first-order valence-corrected chi connectivity index (χ1v) is 8.14. The summed E-state index contributed by atoms with van der Waals surface area (Å²) in [6, 6.07) is 8.95. The summed E-state index contributed by atoms with van der Waals surface area (Å²) in [5.74, 6) is -0.431. The van der Waals surface area contributed by atoms with E-state index in [-0.39, 0.29) is 36.0 Å². The Balaban J connectivity index is 1.57.